The Balaban J connectivity index is 1.91. The third kappa shape index (κ3) is 5.13. The highest BCUT2D eigenvalue weighted by Crippen LogP contribution is 2.22. The monoisotopic (exact) mass is 343 g/mol. The van der Waals surface area contributed by atoms with Crippen molar-refractivity contribution in [2.45, 2.75) is 30.5 Å². The molecule has 0 aliphatic rings. The predicted octanol–water partition coefficient (Wildman–Crippen LogP) is 3.82. The summed E-state index contributed by atoms with van der Waals surface area (Å²) in [7, 11) is 0. The number of carboxylic acid groups (broad SMARTS) is 1. The van der Waals surface area contributed by atoms with E-state index in [-0.39, 0.29) is 5.91 Å². The van der Waals surface area contributed by atoms with Crippen molar-refractivity contribution >= 4 is 23.6 Å². The molecule has 0 fully saturated rings. The molecule has 2 unspecified atom stereocenters. The third-order valence-corrected chi connectivity index (χ3v) is 4.95. The molecule has 2 aromatic rings. The van der Waals surface area contributed by atoms with Crippen LogP contribution in [0, 0.1) is 5.92 Å². The average molecular weight is 343 g/mol. The van der Waals surface area contributed by atoms with Crippen LogP contribution in [-0.4, -0.2) is 23.0 Å². The van der Waals surface area contributed by atoms with Crippen molar-refractivity contribution in [1.82, 2.24) is 5.32 Å². The summed E-state index contributed by atoms with van der Waals surface area (Å²) in [6.07, 6.45) is 0. The lowest BCUT2D eigenvalue weighted by Gasteiger charge is -2.17. The number of carbonyl (C=O) groups is 2. The van der Waals surface area contributed by atoms with Crippen LogP contribution in [0.4, 0.5) is 0 Å². The van der Waals surface area contributed by atoms with Crippen LogP contribution < -0.4 is 5.32 Å². The van der Waals surface area contributed by atoms with Gasteiger partial charge in [-0.1, -0.05) is 30.3 Å². The van der Waals surface area contributed by atoms with Crippen molar-refractivity contribution in [2.24, 2.45) is 5.92 Å². The van der Waals surface area contributed by atoms with Crippen LogP contribution in [0.25, 0.3) is 0 Å². The fourth-order valence-corrected chi connectivity index (χ4v) is 2.94. The van der Waals surface area contributed by atoms with Crippen LogP contribution >= 0.6 is 11.8 Å². The molecule has 2 aromatic carbocycles. The van der Waals surface area contributed by atoms with Crippen LogP contribution in [0.5, 0.6) is 0 Å². The topological polar surface area (TPSA) is 66.4 Å². The van der Waals surface area contributed by atoms with Gasteiger partial charge in [0.2, 0.25) is 0 Å². The minimum Gasteiger partial charge on any atom is -0.481 e. The van der Waals surface area contributed by atoms with E-state index >= 15 is 0 Å². The molecule has 0 spiro atoms. The lowest BCUT2D eigenvalue weighted by Crippen LogP contribution is -2.40. The molecule has 0 bridgehead atoms. The van der Waals surface area contributed by atoms with Gasteiger partial charge in [0.25, 0.3) is 5.91 Å². The highest BCUT2D eigenvalue weighted by Gasteiger charge is 2.21. The first kappa shape index (κ1) is 18.1. The number of hydrogen-bond donors (Lipinski definition) is 2. The molecule has 5 heteroatoms. The maximum atomic E-state index is 12.2. The van der Waals surface area contributed by atoms with Gasteiger partial charge in [-0.05, 0) is 43.7 Å². The zero-order valence-corrected chi connectivity index (χ0v) is 14.5. The predicted molar refractivity (Wildman–Crippen MR) is 96.2 cm³/mol. The molecule has 0 aromatic heterocycles. The van der Waals surface area contributed by atoms with Gasteiger partial charge in [-0.15, -0.1) is 11.8 Å². The van der Waals surface area contributed by atoms with E-state index in [0.29, 0.717) is 5.56 Å². The van der Waals surface area contributed by atoms with Gasteiger partial charge in [0.15, 0.2) is 0 Å². The maximum absolute atomic E-state index is 12.2. The van der Waals surface area contributed by atoms with E-state index < -0.39 is 17.9 Å². The molecule has 2 rings (SSSR count). The Kier molecular flexibility index (Phi) is 6.44. The van der Waals surface area contributed by atoms with Crippen LogP contribution in [0.1, 0.15) is 29.8 Å². The summed E-state index contributed by atoms with van der Waals surface area (Å²) in [5.74, 6) is -0.970. The molecule has 0 heterocycles. The number of carboxylic acids is 1. The van der Waals surface area contributed by atoms with Gasteiger partial charge in [0.1, 0.15) is 0 Å². The molecule has 0 aliphatic carbocycles. The second-order valence-electron chi connectivity index (χ2n) is 5.69. The molecule has 1 amide bonds. The fraction of sp³-hybridized carbons (Fsp3) is 0.263. The van der Waals surface area contributed by atoms with Gasteiger partial charge in [-0.2, -0.15) is 0 Å². The average Bonchev–Trinajstić information content (AvgIpc) is 2.60. The number of thioether (sulfide) groups is 1. The first-order chi connectivity index (χ1) is 11.5. The molecule has 0 radical (unpaired) electrons. The third-order valence-electron chi connectivity index (χ3n) is 3.86. The number of amides is 1. The number of benzene rings is 2. The smallest absolute Gasteiger partial charge is 0.308 e. The highest BCUT2D eigenvalue weighted by molar-refractivity contribution is 7.98. The second-order valence-corrected chi connectivity index (χ2v) is 6.74. The Labute approximate surface area is 146 Å². The molecular formula is C19H21NO3S. The van der Waals surface area contributed by atoms with Crippen LogP contribution in [0.3, 0.4) is 0 Å². The van der Waals surface area contributed by atoms with Crippen molar-refractivity contribution < 1.29 is 14.7 Å². The van der Waals surface area contributed by atoms with Crippen molar-refractivity contribution in [3.05, 3.63) is 65.7 Å². The number of carbonyl (C=O) groups excluding carboxylic acids is 1. The largest absolute Gasteiger partial charge is 0.481 e. The van der Waals surface area contributed by atoms with Gasteiger partial charge in [0, 0.05) is 22.3 Å². The zero-order chi connectivity index (χ0) is 17.5. The summed E-state index contributed by atoms with van der Waals surface area (Å²) >= 11 is 1.74. The first-order valence-electron chi connectivity index (χ1n) is 7.78. The van der Waals surface area contributed by atoms with E-state index in [1.165, 1.54) is 4.90 Å². The van der Waals surface area contributed by atoms with Gasteiger partial charge in [0.05, 0.1) is 5.92 Å². The summed E-state index contributed by atoms with van der Waals surface area (Å²) in [6, 6.07) is 17.1. The minimum absolute atomic E-state index is 0.252. The van der Waals surface area contributed by atoms with E-state index in [9.17, 15) is 9.59 Å². The second kappa shape index (κ2) is 8.55. The van der Waals surface area contributed by atoms with Crippen LogP contribution in [0.15, 0.2) is 59.5 Å². The van der Waals surface area contributed by atoms with E-state index in [0.717, 1.165) is 11.3 Å². The molecule has 4 nitrogen and oxygen atoms in total. The molecule has 0 saturated heterocycles. The lowest BCUT2D eigenvalue weighted by molar-refractivity contribution is -0.141. The molecule has 0 saturated carbocycles. The summed E-state index contributed by atoms with van der Waals surface area (Å²) in [6.45, 7) is 3.28. The number of hydrogen-bond acceptors (Lipinski definition) is 3. The minimum atomic E-state index is -0.920. The molecule has 126 valence electrons. The Bertz CT molecular complexity index is 686. The summed E-state index contributed by atoms with van der Waals surface area (Å²) in [5, 5.41) is 11.7. The lowest BCUT2D eigenvalue weighted by atomic mass is 10.0. The highest BCUT2D eigenvalue weighted by atomic mass is 32.2. The van der Waals surface area contributed by atoms with Crippen LogP contribution in [0.2, 0.25) is 0 Å². The Morgan fingerprint density at radius 3 is 2.25 bits per heavy atom. The fourth-order valence-electron chi connectivity index (χ4n) is 2.06. The Morgan fingerprint density at radius 2 is 1.67 bits per heavy atom. The summed E-state index contributed by atoms with van der Waals surface area (Å²) in [4.78, 5) is 24.3. The summed E-state index contributed by atoms with van der Waals surface area (Å²) < 4.78 is 0. The molecule has 24 heavy (non-hydrogen) atoms. The standard InChI is InChI=1S/C19H21NO3S/c1-13(19(22)23)14(2)20-18(21)16-10-8-15(9-11-16)12-24-17-6-4-3-5-7-17/h3-11,13-14H,12H2,1-2H3,(H,20,21)(H,22,23). The SMILES string of the molecule is CC(NC(=O)c1ccc(CSc2ccccc2)cc1)C(C)C(=O)O. The number of rotatable bonds is 7. The van der Waals surface area contributed by atoms with Crippen molar-refractivity contribution in [3.8, 4) is 0 Å². The van der Waals surface area contributed by atoms with Gasteiger partial charge in [-0.25, -0.2) is 0 Å². The van der Waals surface area contributed by atoms with Crippen molar-refractivity contribution in [2.75, 3.05) is 0 Å². The molecule has 2 atom stereocenters. The summed E-state index contributed by atoms with van der Waals surface area (Å²) in [5.41, 5.74) is 1.67. The molecule has 2 N–H and O–H groups in total. The first-order valence-corrected chi connectivity index (χ1v) is 8.76. The van der Waals surface area contributed by atoms with Crippen molar-refractivity contribution in [1.29, 1.82) is 0 Å². The Morgan fingerprint density at radius 1 is 1.04 bits per heavy atom. The number of aliphatic carboxylic acids is 1. The van der Waals surface area contributed by atoms with Gasteiger partial charge < -0.3 is 10.4 Å². The normalized spacial score (nSPS) is 13.1. The zero-order valence-electron chi connectivity index (χ0n) is 13.7. The van der Waals surface area contributed by atoms with Crippen LogP contribution in [-0.2, 0) is 10.5 Å². The van der Waals surface area contributed by atoms with E-state index in [1.54, 1.807) is 37.7 Å². The maximum Gasteiger partial charge on any atom is 0.308 e. The van der Waals surface area contributed by atoms with Gasteiger partial charge >= 0.3 is 5.97 Å². The molecular weight excluding hydrogens is 322 g/mol. The van der Waals surface area contributed by atoms with E-state index in [1.807, 2.05) is 30.3 Å². The quantitative estimate of drug-likeness (QED) is 0.750. The van der Waals surface area contributed by atoms with E-state index in [2.05, 4.69) is 17.4 Å². The Hall–Kier alpha value is -2.27. The number of nitrogens with one attached hydrogen (secondary N) is 1. The van der Waals surface area contributed by atoms with Crippen molar-refractivity contribution in [3.63, 3.8) is 0 Å². The molecule has 0 aliphatic heterocycles. The van der Waals surface area contributed by atoms with Gasteiger partial charge in [-0.3, -0.25) is 9.59 Å². The van der Waals surface area contributed by atoms with E-state index in [4.69, 9.17) is 5.11 Å².